The quantitative estimate of drug-likeness (QED) is 0.501. The maximum atomic E-state index is 14.4. The van der Waals surface area contributed by atoms with Crippen LogP contribution in [0.4, 0.5) is 5.69 Å². The molecule has 8 heteroatoms. The summed E-state index contributed by atoms with van der Waals surface area (Å²) < 4.78 is 6.61. The molecule has 2 fully saturated rings. The van der Waals surface area contributed by atoms with Crippen molar-refractivity contribution >= 4 is 34.2 Å². The Morgan fingerprint density at radius 2 is 1.78 bits per heavy atom. The second kappa shape index (κ2) is 9.11. The number of unbranched alkanes of at least 4 members (excludes halogenated alkanes) is 1. The van der Waals surface area contributed by atoms with Gasteiger partial charge in [-0.05, 0) is 35.7 Å². The number of nitrogens with zero attached hydrogens (tertiary/aromatic N) is 3. The van der Waals surface area contributed by atoms with Crippen LogP contribution < -0.4 is 4.90 Å². The second-order valence-corrected chi connectivity index (χ2v) is 10.3. The molecule has 3 amide bonds. The number of likely N-dealkylation sites (tertiary alicyclic amines) is 1. The molecule has 0 aromatic heterocycles. The van der Waals surface area contributed by atoms with E-state index in [1.165, 1.54) is 0 Å². The topological polar surface area (TPSA) is 90.4 Å². The van der Waals surface area contributed by atoms with E-state index in [9.17, 15) is 19.5 Å². The normalized spacial score (nSPS) is 31.0. The molecule has 4 aliphatic rings. The molecule has 6 rings (SSSR count). The van der Waals surface area contributed by atoms with E-state index in [4.69, 9.17) is 4.74 Å². The van der Waals surface area contributed by atoms with Gasteiger partial charge in [-0.3, -0.25) is 14.4 Å². The van der Waals surface area contributed by atoms with Crippen LogP contribution in [-0.2, 0) is 19.1 Å². The Labute approximate surface area is 215 Å². The van der Waals surface area contributed by atoms with Gasteiger partial charge < -0.3 is 24.5 Å². The molecule has 4 aliphatic heterocycles. The molecule has 0 bridgehead atoms. The number of carbonyl (C=O) groups is 3. The van der Waals surface area contributed by atoms with Crippen molar-refractivity contribution in [3.05, 3.63) is 66.8 Å². The van der Waals surface area contributed by atoms with Gasteiger partial charge in [-0.1, -0.05) is 54.6 Å². The Balaban J connectivity index is 1.44. The molecule has 4 heterocycles. The Bertz CT molecular complexity index is 1320. The third-order valence-corrected chi connectivity index (χ3v) is 8.21. The fourth-order valence-electron chi connectivity index (χ4n) is 6.47. The summed E-state index contributed by atoms with van der Waals surface area (Å²) in [6.07, 6.45) is 8.01. The van der Waals surface area contributed by atoms with Crippen LogP contribution in [0.1, 0.15) is 12.8 Å². The van der Waals surface area contributed by atoms with E-state index in [0.29, 0.717) is 32.5 Å². The zero-order valence-electron chi connectivity index (χ0n) is 20.8. The largest absolute Gasteiger partial charge is 0.396 e. The van der Waals surface area contributed by atoms with Crippen LogP contribution >= 0.6 is 0 Å². The van der Waals surface area contributed by atoms with Crippen LogP contribution in [0, 0.1) is 11.8 Å². The van der Waals surface area contributed by atoms with Gasteiger partial charge in [0.1, 0.15) is 11.6 Å². The Hall–Kier alpha value is -3.49. The van der Waals surface area contributed by atoms with Gasteiger partial charge in [0.2, 0.25) is 11.8 Å². The highest BCUT2D eigenvalue weighted by Gasteiger charge is 2.71. The van der Waals surface area contributed by atoms with Crippen molar-refractivity contribution in [2.75, 3.05) is 38.2 Å². The molecule has 2 aromatic carbocycles. The molecular formula is C29H31N3O5. The fraction of sp³-hybridized carbons (Fsp3) is 0.414. The minimum atomic E-state index is -1.23. The summed E-state index contributed by atoms with van der Waals surface area (Å²) in [5.41, 5.74) is -0.480. The molecule has 1 unspecified atom stereocenters. The summed E-state index contributed by atoms with van der Waals surface area (Å²) in [6.45, 7) is 1.11. The Morgan fingerprint density at radius 1 is 0.973 bits per heavy atom. The first kappa shape index (κ1) is 23.9. The molecule has 8 nitrogen and oxygen atoms in total. The van der Waals surface area contributed by atoms with Gasteiger partial charge in [0.25, 0.3) is 5.91 Å². The van der Waals surface area contributed by atoms with E-state index in [-0.39, 0.29) is 24.3 Å². The third-order valence-electron chi connectivity index (χ3n) is 8.21. The highest BCUT2D eigenvalue weighted by Crippen LogP contribution is 2.53. The molecular weight excluding hydrogens is 470 g/mol. The van der Waals surface area contributed by atoms with Gasteiger partial charge in [-0.15, -0.1) is 0 Å². The minimum Gasteiger partial charge on any atom is -0.396 e. The molecule has 5 atom stereocenters. The van der Waals surface area contributed by atoms with Gasteiger partial charge in [-0.25, -0.2) is 0 Å². The molecule has 1 spiro atoms. The number of hydrogen-bond acceptors (Lipinski definition) is 5. The summed E-state index contributed by atoms with van der Waals surface area (Å²) in [5, 5.41) is 11.5. The first-order chi connectivity index (χ1) is 18.0. The fourth-order valence-corrected chi connectivity index (χ4v) is 6.47. The molecule has 0 saturated carbocycles. The maximum Gasteiger partial charge on any atom is 0.253 e. The lowest BCUT2D eigenvalue weighted by atomic mass is 9.77. The van der Waals surface area contributed by atoms with E-state index in [1.54, 1.807) is 21.7 Å². The Morgan fingerprint density at radius 3 is 2.59 bits per heavy atom. The van der Waals surface area contributed by atoms with Gasteiger partial charge >= 0.3 is 0 Å². The summed E-state index contributed by atoms with van der Waals surface area (Å²) in [5.74, 6) is -2.07. The number of likely N-dealkylation sites (N-methyl/N-ethyl adjacent to an activating group) is 1. The lowest BCUT2D eigenvalue weighted by Gasteiger charge is -2.35. The predicted octanol–water partition coefficient (Wildman–Crippen LogP) is 2.12. The zero-order chi connectivity index (χ0) is 25.7. The standard InChI is InChI=1S/C29H31N3O5/c1-30-14-6-10-22-23(26(30)34)24-27(35)32(15-4-5-17-33)25-28(36)31(16-7-13-29(24,25)37-22)21-12-11-19-8-2-3-9-20(19)18-21/h2-3,6-13,18,22-25,33H,4-5,14-17H2,1H3/t22-,23+,24+,25?,29+/m1/s1. The Kier molecular flexibility index (Phi) is 5.88. The third kappa shape index (κ3) is 3.61. The number of carbonyl (C=O) groups excluding carboxylic acids is 3. The molecule has 192 valence electrons. The number of amides is 3. The number of anilines is 1. The SMILES string of the molecule is CN1CC=C[C@H]2O[C@]34C=CCN(c5ccc6ccccc6c5)C(=O)C3N(CCCCO)C(=O)[C@@H]4[C@H]2C1=O. The molecule has 0 radical (unpaired) electrons. The summed E-state index contributed by atoms with van der Waals surface area (Å²) in [7, 11) is 1.73. The lowest BCUT2D eigenvalue weighted by Crippen LogP contribution is -2.55. The second-order valence-electron chi connectivity index (χ2n) is 10.3. The molecule has 2 aromatic rings. The van der Waals surface area contributed by atoms with Crippen molar-refractivity contribution in [1.82, 2.24) is 9.80 Å². The highest BCUT2D eigenvalue weighted by atomic mass is 16.5. The van der Waals surface area contributed by atoms with E-state index in [1.807, 2.05) is 66.8 Å². The van der Waals surface area contributed by atoms with Gasteiger partial charge in [0, 0.05) is 39.0 Å². The monoisotopic (exact) mass is 501 g/mol. The van der Waals surface area contributed by atoms with Crippen LogP contribution in [0.2, 0.25) is 0 Å². The van der Waals surface area contributed by atoms with Crippen molar-refractivity contribution < 1.29 is 24.2 Å². The molecule has 37 heavy (non-hydrogen) atoms. The summed E-state index contributed by atoms with van der Waals surface area (Å²) in [6, 6.07) is 13.0. The number of rotatable bonds is 5. The summed E-state index contributed by atoms with van der Waals surface area (Å²) >= 11 is 0. The number of benzene rings is 2. The average molecular weight is 502 g/mol. The molecule has 2 saturated heterocycles. The van der Waals surface area contributed by atoms with Crippen LogP contribution in [0.3, 0.4) is 0 Å². The number of hydrogen-bond donors (Lipinski definition) is 1. The zero-order valence-corrected chi connectivity index (χ0v) is 20.8. The number of ether oxygens (including phenoxy) is 1. The lowest BCUT2D eigenvalue weighted by molar-refractivity contribution is -0.143. The smallest absolute Gasteiger partial charge is 0.253 e. The number of fused-ring (bicyclic) bond motifs is 3. The molecule has 0 aliphatic carbocycles. The van der Waals surface area contributed by atoms with E-state index >= 15 is 0 Å². The first-order valence-electron chi connectivity index (χ1n) is 12.9. The number of aliphatic hydroxyl groups is 1. The van der Waals surface area contributed by atoms with Crippen molar-refractivity contribution in [2.45, 2.75) is 30.6 Å². The van der Waals surface area contributed by atoms with Gasteiger partial charge in [-0.2, -0.15) is 0 Å². The van der Waals surface area contributed by atoms with Crippen molar-refractivity contribution in [2.24, 2.45) is 11.8 Å². The summed E-state index contributed by atoms with van der Waals surface area (Å²) in [4.78, 5) is 46.7. The van der Waals surface area contributed by atoms with Crippen LogP contribution in [0.25, 0.3) is 10.8 Å². The van der Waals surface area contributed by atoms with E-state index in [2.05, 4.69) is 0 Å². The van der Waals surface area contributed by atoms with Crippen molar-refractivity contribution in [3.8, 4) is 0 Å². The minimum absolute atomic E-state index is 0.00755. The number of aliphatic hydroxyl groups excluding tert-OH is 1. The maximum absolute atomic E-state index is 14.4. The van der Waals surface area contributed by atoms with Crippen LogP contribution in [0.15, 0.2) is 66.8 Å². The van der Waals surface area contributed by atoms with Gasteiger partial charge in [0.15, 0.2) is 0 Å². The van der Waals surface area contributed by atoms with E-state index in [0.717, 1.165) is 16.5 Å². The average Bonchev–Trinajstić information content (AvgIpc) is 3.22. The van der Waals surface area contributed by atoms with Crippen LogP contribution in [0.5, 0.6) is 0 Å². The highest BCUT2D eigenvalue weighted by molar-refractivity contribution is 6.06. The van der Waals surface area contributed by atoms with Crippen LogP contribution in [-0.4, -0.2) is 83.7 Å². The van der Waals surface area contributed by atoms with Crippen molar-refractivity contribution in [1.29, 1.82) is 0 Å². The molecule has 1 N–H and O–H groups in total. The van der Waals surface area contributed by atoms with Crippen molar-refractivity contribution in [3.63, 3.8) is 0 Å². The van der Waals surface area contributed by atoms with E-state index < -0.39 is 29.6 Å². The van der Waals surface area contributed by atoms with Gasteiger partial charge in [0.05, 0.1) is 17.9 Å². The first-order valence-corrected chi connectivity index (χ1v) is 12.9. The predicted molar refractivity (Wildman–Crippen MR) is 139 cm³/mol.